The molecule has 0 fully saturated rings. The van der Waals surface area contributed by atoms with Crippen molar-refractivity contribution in [2.45, 2.75) is 19.8 Å². The van der Waals surface area contributed by atoms with Crippen molar-refractivity contribution >= 4 is 39.3 Å². The second-order valence-electron chi connectivity index (χ2n) is 10.6. The fourth-order valence-corrected chi connectivity index (χ4v) is 4.85. The maximum atomic E-state index is 14.7. The van der Waals surface area contributed by atoms with Crippen LogP contribution in [-0.2, 0) is 4.79 Å². The topological polar surface area (TPSA) is 140 Å². The van der Waals surface area contributed by atoms with Crippen LogP contribution in [0, 0.1) is 5.82 Å². The number of carbonyl (C=O) groups excluding carboxylic acids is 1. The highest BCUT2D eigenvalue weighted by molar-refractivity contribution is 5.96. The molecule has 0 saturated carbocycles. The maximum absolute atomic E-state index is 14.7. The minimum Gasteiger partial charge on any atom is -0.384 e. The van der Waals surface area contributed by atoms with E-state index < -0.39 is 0 Å². The van der Waals surface area contributed by atoms with Crippen LogP contribution in [0.2, 0.25) is 0 Å². The normalized spacial score (nSPS) is 11.5. The van der Waals surface area contributed by atoms with Gasteiger partial charge in [-0.15, -0.1) is 0 Å². The average molecular weight is 579 g/mol. The van der Waals surface area contributed by atoms with Gasteiger partial charge in [-0.2, -0.15) is 5.10 Å². The monoisotopic (exact) mass is 578 g/mol. The molecule has 218 valence electrons. The highest BCUT2D eigenvalue weighted by Gasteiger charge is 2.18. The number of nitrogens with one attached hydrogen (secondary N) is 4. The van der Waals surface area contributed by atoms with Gasteiger partial charge in [0, 0.05) is 48.7 Å². The lowest BCUT2D eigenvalue weighted by atomic mass is 10.1. The van der Waals surface area contributed by atoms with Gasteiger partial charge in [0.05, 0.1) is 40.3 Å². The Morgan fingerprint density at radius 3 is 2.60 bits per heavy atom. The number of H-pyrrole nitrogens is 2. The number of amides is 1. The van der Waals surface area contributed by atoms with Crippen molar-refractivity contribution in [2.24, 2.45) is 0 Å². The molecule has 0 aliphatic rings. The molecule has 0 radical (unpaired) electrons. The molecule has 6 aromatic rings. The van der Waals surface area contributed by atoms with Crippen LogP contribution in [0.4, 0.5) is 15.8 Å². The van der Waals surface area contributed by atoms with Crippen LogP contribution in [0.15, 0.2) is 61.2 Å². The molecule has 0 aliphatic carbocycles. The number of nitrogens with zero attached hydrogens (tertiary/aromatic N) is 6. The largest absolute Gasteiger partial charge is 0.384 e. The van der Waals surface area contributed by atoms with Gasteiger partial charge in [0.15, 0.2) is 11.5 Å². The Hall–Kier alpha value is -5.23. The number of likely N-dealkylation sites (N-methyl/N-ethyl adjacent to an activating group) is 1. The first kappa shape index (κ1) is 27.9. The van der Waals surface area contributed by atoms with E-state index in [-0.39, 0.29) is 11.7 Å². The van der Waals surface area contributed by atoms with Crippen molar-refractivity contribution in [1.29, 1.82) is 0 Å². The van der Waals surface area contributed by atoms with Crippen molar-refractivity contribution < 1.29 is 9.18 Å². The molecular weight excluding hydrogens is 547 g/mol. The Balaban J connectivity index is 1.35. The van der Waals surface area contributed by atoms with Crippen LogP contribution in [0.3, 0.4) is 0 Å². The molecule has 6 rings (SSSR count). The average Bonchev–Trinajstić information content (AvgIpc) is 3.60. The van der Waals surface area contributed by atoms with Crippen LogP contribution in [0.25, 0.3) is 56.0 Å². The van der Waals surface area contributed by atoms with E-state index in [0.717, 1.165) is 24.0 Å². The first-order valence-electron chi connectivity index (χ1n) is 14.0. The first-order valence-corrected chi connectivity index (χ1v) is 14.0. The Labute approximate surface area is 247 Å². The second-order valence-corrected chi connectivity index (χ2v) is 10.6. The van der Waals surface area contributed by atoms with E-state index in [0.29, 0.717) is 69.2 Å². The van der Waals surface area contributed by atoms with Crippen molar-refractivity contribution in [3.63, 3.8) is 0 Å². The lowest BCUT2D eigenvalue weighted by molar-refractivity contribution is -0.116. The number of hydrogen-bond donors (Lipinski definition) is 4. The summed E-state index contributed by atoms with van der Waals surface area (Å²) in [6.45, 7) is 3.45. The molecule has 5 heterocycles. The maximum Gasteiger partial charge on any atom is 0.224 e. The molecule has 12 heteroatoms. The van der Waals surface area contributed by atoms with E-state index in [1.807, 2.05) is 45.3 Å². The summed E-state index contributed by atoms with van der Waals surface area (Å²) < 4.78 is 14.7. The van der Waals surface area contributed by atoms with Gasteiger partial charge in [-0.3, -0.25) is 19.9 Å². The molecule has 1 amide bonds. The number of aromatic amines is 2. The molecule has 43 heavy (non-hydrogen) atoms. The number of imidazole rings is 1. The molecule has 5 aromatic heterocycles. The zero-order chi connectivity index (χ0) is 29.9. The lowest BCUT2D eigenvalue weighted by Gasteiger charge is -2.12. The molecule has 1 aromatic carbocycles. The van der Waals surface area contributed by atoms with Gasteiger partial charge >= 0.3 is 0 Å². The van der Waals surface area contributed by atoms with E-state index in [1.165, 1.54) is 12.1 Å². The Morgan fingerprint density at radius 2 is 1.77 bits per heavy atom. The van der Waals surface area contributed by atoms with Gasteiger partial charge < -0.3 is 20.5 Å². The van der Waals surface area contributed by atoms with Crippen LogP contribution >= 0.6 is 0 Å². The smallest absolute Gasteiger partial charge is 0.224 e. The van der Waals surface area contributed by atoms with Gasteiger partial charge in [-0.05, 0) is 62.5 Å². The van der Waals surface area contributed by atoms with Gasteiger partial charge in [-0.25, -0.2) is 14.4 Å². The highest BCUT2D eigenvalue weighted by atomic mass is 19.1. The van der Waals surface area contributed by atoms with Gasteiger partial charge in [0.2, 0.25) is 5.91 Å². The molecule has 0 saturated heterocycles. The fourth-order valence-electron chi connectivity index (χ4n) is 4.85. The van der Waals surface area contributed by atoms with Crippen molar-refractivity contribution in [3.05, 3.63) is 67.0 Å². The number of carbonyl (C=O) groups is 1. The number of aromatic nitrogens is 7. The standard InChI is InChI=1S/C31H31FN10O/c1-4-5-27(43)36-22-12-19(14-33-15-22)24-6-7-25-29(37-24)30(41-40-25)31-38-26-17-34-16-23(28(26)39-31)18-10-20(32)13-21(11-18)35-8-9-42(2)3/h6-7,10-17,35H,4-5,8-9H2,1-3H3,(H,36,43)(H,38,39)(H,40,41). The summed E-state index contributed by atoms with van der Waals surface area (Å²) in [6, 6.07) is 10.5. The Morgan fingerprint density at radius 1 is 0.930 bits per heavy atom. The van der Waals surface area contributed by atoms with Crippen LogP contribution in [-0.4, -0.2) is 73.1 Å². The van der Waals surface area contributed by atoms with Crippen LogP contribution < -0.4 is 10.6 Å². The quantitative estimate of drug-likeness (QED) is 0.168. The summed E-state index contributed by atoms with van der Waals surface area (Å²) in [5, 5.41) is 13.7. The Bertz CT molecular complexity index is 1930. The van der Waals surface area contributed by atoms with Gasteiger partial charge in [0.1, 0.15) is 11.3 Å². The third kappa shape index (κ3) is 6.04. The van der Waals surface area contributed by atoms with Crippen molar-refractivity contribution in [1.82, 2.24) is 40.0 Å². The van der Waals surface area contributed by atoms with Crippen LogP contribution in [0.1, 0.15) is 19.8 Å². The van der Waals surface area contributed by atoms with Crippen molar-refractivity contribution in [3.8, 4) is 33.9 Å². The minimum absolute atomic E-state index is 0.0595. The SMILES string of the molecule is CCCC(=O)Nc1cncc(-c2ccc3[nH]nc(-c4nc5c(-c6cc(F)cc(NCCN(C)C)c6)cncc5[nH]4)c3n2)c1. The zero-order valence-corrected chi connectivity index (χ0v) is 24.1. The molecule has 0 unspecified atom stereocenters. The predicted octanol–water partition coefficient (Wildman–Crippen LogP) is 5.48. The van der Waals surface area contributed by atoms with Gasteiger partial charge in [-0.1, -0.05) is 6.92 Å². The number of pyridine rings is 3. The van der Waals surface area contributed by atoms with Gasteiger partial charge in [0.25, 0.3) is 0 Å². The fraction of sp³-hybridized carbons (Fsp3) is 0.226. The van der Waals surface area contributed by atoms with E-state index in [9.17, 15) is 9.18 Å². The second kappa shape index (κ2) is 11.9. The third-order valence-electron chi connectivity index (χ3n) is 6.92. The highest BCUT2D eigenvalue weighted by Crippen LogP contribution is 2.33. The zero-order valence-electron chi connectivity index (χ0n) is 24.1. The van der Waals surface area contributed by atoms with Crippen molar-refractivity contribution in [2.75, 3.05) is 37.8 Å². The number of fused-ring (bicyclic) bond motifs is 2. The van der Waals surface area contributed by atoms with E-state index in [4.69, 9.17) is 9.97 Å². The summed E-state index contributed by atoms with van der Waals surface area (Å²) in [7, 11) is 3.98. The molecule has 4 N–H and O–H groups in total. The molecule has 0 bridgehead atoms. The number of halogens is 1. The van der Waals surface area contributed by atoms with Crippen LogP contribution in [0.5, 0.6) is 0 Å². The minimum atomic E-state index is -0.351. The number of benzene rings is 1. The lowest BCUT2D eigenvalue weighted by Crippen LogP contribution is -2.20. The van der Waals surface area contributed by atoms with E-state index in [2.05, 4.69) is 40.7 Å². The molecule has 0 aliphatic heterocycles. The summed E-state index contributed by atoms with van der Waals surface area (Å²) in [5.74, 6) is 0.0894. The summed E-state index contributed by atoms with van der Waals surface area (Å²) in [5.41, 5.74) is 7.27. The molecule has 0 spiro atoms. The summed E-state index contributed by atoms with van der Waals surface area (Å²) in [4.78, 5) is 35.9. The van der Waals surface area contributed by atoms with E-state index in [1.54, 1.807) is 24.8 Å². The predicted molar refractivity (Wildman–Crippen MR) is 166 cm³/mol. The first-order chi connectivity index (χ1) is 20.9. The van der Waals surface area contributed by atoms with E-state index >= 15 is 0 Å². The third-order valence-corrected chi connectivity index (χ3v) is 6.92. The number of anilines is 2. The number of rotatable bonds is 10. The number of hydrogen-bond acceptors (Lipinski definition) is 8. The molecular formula is C31H31FN10O. The summed E-state index contributed by atoms with van der Waals surface area (Å²) >= 11 is 0. The molecule has 0 atom stereocenters. The Kier molecular flexibility index (Phi) is 7.75. The summed E-state index contributed by atoms with van der Waals surface area (Å²) in [6.07, 6.45) is 7.88. The molecule has 11 nitrogen and oxygen atoms in total.